The molecule has 0 saturated carbocycles. The minimum absolute atomic E-state index is 0.0103. The summed E-state index contributed by atoms with van der Waals surface area (Å²) in [7, 11) is 0. The maximum absolute atomic E-state index is 13.0. The molecule has 0 N–H and O–H groups in total. The molecule has 2 rings (SSSR count). The van der Waals surface area contributed by atoms with E-state index in [1.807, 2.05) is 0 Å². The molecule has 1 unspecified atom stereocenters. The number of halogens is 4. The fraction of sp³-hybridized carbons (Fsp3) is 0.263. The lowest BCUT2D eigenvalue weighted by Gasteiger charge is -2.16. The number of hydrogen-bond donors (Lipinski definition) is 0. The molecule has 0 aliphatic heterocycles. The molecule has 0 bridgehead atoms. The standard InChI is InChI=1S/C19H16ClF3O5/c1-3-26-18(25)11(2)27-16-9-13(8-7-12(16)10-24)28-15-6-4-5-14(17(15)20)19(21,22)23/h4-11H,3H2,1-2H3. The van der Waals surface area contributed by atoms with Gasteiger partial charge in [-0.2, -0.15) is 13.2 Å². The predicted molar refractivity (Wildman–Crippen MR) is 95.1 cm³/mol. The lowest BCUT2D eigenvalue weighted by Crippen LogP contribution is -2.26. The van der Waals surface area contributed by atoms with Crippen LogP contribution >= 0.6 is 11.6 Å². The molecule has 28 heavy (non-hydrogen) atoms. The van der Waals surface area contributed by atoms with Gasteiger partial charge in [0.2, 0.25) is 0 Å². The second-order valence-corrected chi connectivity index (χ2v) is 5.93. The zero-order valence-electron chi connectivity index (χ0n) is 14.9. The van der Waals surface area contributed by atoms with Crippen molar-refractivity contribution in [1.29, 1.82) is 0 Å². The molecular weight excluding hydrogens is 401 g/mol. The van der Waals surface area contributed by atoms with Crippen LogP contribution in [0, 0.1) is 0 Å². The third-order valence-electron chi connectivity index (χ3n) is 3.53. The highest BCUT2D eigenvalue weighted by molar-refractivity contribution is 6.32. The first kappa shape index (κ1) is 21.6. The summed E-state index contributed by atoms with van der Waals surface area (Å²) in [6.45, 7) is 3.22. The van der Waals surface area contributed by atoms with Crippen molar-refractivity contribution in [3.63, 3.8) is 0 Å². The highest BCUT2D eigenvalue weighted by Crippen LogP contribution is 2.41. The van der Waals surface area contributed by atoms with E-state index in [1.54, 1.807) is 6.92 Å². The van der Waals surface area contributed by atoms with Crippen molar-refractivity contribution in [1.82, 2.24) is 0 Å². The molecule has 0 fully saturated rings. The Balaban J connectivity index is 2.31. The second-order valence-electron chi connectivity index (χ2n) is 5.55. The van der Waals surface area contributed by atoms with E-state index in [-0.39, 0.29) is 29.4 Å². The van der Waals surface area contributed by atoms with Crippen molar-refractivity contribution in [3.8, 4) is 17.2 Å². The smallest absolute Gasteiger partial charge is 0.417 e. The summed E-state index contributed by atoms with van der Waals surface area (Å²) in [5.41, 5.74) is -0.915. The van der Waals surface area contributed by atoms with Crippen LogP contribution in [0.4, 0.5) is 13.2 Å². The van der Waals surface area contributed by atoms with Gasteiger partial charge in [-0.1, -0.05) is 17.7 Å². The molecule has 0 saturated heterocycles. The number of benzene rings is 2. The van der Waals surface area contributed by atoms with Crippen LogP contribution in [-0.2, 0) is 15.7 Å². The van der Waals surface area contributed by atoms with Crippen LogP contribution in [0.2, 0.25) is 5.02 Å². The molecule has 0 aromatic heterocycles. The average molecular weight is 417 g/mol. The topological polar surface area (TPSA) is 61.8 Å². The Kier molecular flexibility index (Phi) is 6.90. The molecule has 0 radical (unpaired) electrons. The molecule has 0 heterocycles. The maximum Gasteiger partial charge on any atom is 0.417 e. The number of rotatable bonds is 7. The van der Waals surface area contributed by atoms with Gasteiger partial charge in [0, 0.05) is 6.07 Å². The molecule has 0 aliphatic carbocycles. The van der Waals surface area contributed by atoms with Gasteiger partial charge in [-0.25, -0.2) is 4.79 Å². The van der Waals surface area contributed by atoms with E-state index >= 15 is 0 Å². The number of hydrogen-bond acceptors (Lipinski definition) is 5. The molecule has 0 spiro atoms. The lowest BCUT2D eigenvalue weighted by atomic mass is 10.2. The van der Waals surface area contributed by atoms with Crippen molar-refractivity contribution in [3.05, 3.63) is 52.5 Å². The van der Waals surface area contributed by atoms with E-state index in [0.29, 0.717) is 6.29 Å². The lowest BCUT2D eigenvalue weighted by molar-refractivity contribution is -0.150. The van der Waals surface area contributed by atoms with Gasteiger partial charge in [-0.3, -0.25) is 4.79 Å². The van der Waals surface area contributed by atoms with Gasteiger partial charge in [0.1, 0.15) is 17.2 Å². The zero-order chi connectivity index (χ0) is 20.9. The van der Waals surface area contributed by atoms with E-state index in [2.05, 4.69) is 0 Å². The molecule has 150 valence electrons. The van der Waals surface area contributed by atoms with Gasteiger partial charge in [-0.05, 0) is 38.1 Å². The normalized spacial score (nSPS) is 12.2. The number of carbonyl (C=O) groups excluding carboxylic acids is 2. The molecule has 5 nitrogen and oxygen atoms in total. The quantitative estimate of drug-likeness (QED) is 0.453. The minimum atomic E-state index is -4.64. The van der Waals surface area contributed by atoms with Gasteiger partial charge in [-0.15, -0.1) is 0 Å². The molecule has 9 heteroatoms. The summed E-state index contributed by atoms with van der Waals surface area (Å²) in [5, 5.41) is -0.600. The highest BCUT2D eigenvalue weighted by Gasteiger charge is 2.34. The number of alkyl halides is 3. The maximum atomic E-state index is 13.0. The van der Waals surface area contributed by atoms with E-state index < -0.39 is 28.8 Å². The summed E-state index contributed by atoms with van der Waals surface area (Å²) in [6, 6.07) is 7.24. The molecule has 1 atom stereocenters. The van der Waals surface area contributed by atoms with E-state index in [0.717, 1.165) is 12.1 Å². The van der Waals surface area contributed by atoms with Crippen LogP contribution in [0.1, 0.15) is 29.8 Å². The Morgan fingerprint density at radius 2 is 1.93 bits per heavy atom. The average Bonchev–Trinajstić information content (AvgIpc) is 2.63. The Morgan fingerprint density at radius 1 is 1.21 bits per heavy atom. The fourth-order valence-electron chi connectivity index (χ4n) is 2.21. The Labute approximate surface area is 164 Å². The third-order valence-corrected chi connectivity index (χ3v) is 3.92. The Bertz CT molecular complexity index is 867. The Morgan fingerprint density at radius 3 is 2.54 bits per heavy atom. The fourth-order valence-corrected chi connectivity index (χ4v) is 2.48. The van der Waals surface area contributed by atoms with Crippen LogP contribution in [-0.4, -0.2) is 25.0 Å². The summed E-state index contributed by atoms with van der Waals surface area (Å²) in [4.78, 5) is 22.9. The number of carbonyl (C=O) groups is 2. The van der Waals surface area contributed by atoms with Crippen molar-refractivity contribution in [2.75, 3.05) is 6.61 Å². The minimum Gasteiger partial charge on any atom is -0.478 e. The first-order valence-corrected chi connectivity index (χ1v) is 8.51. The largest absolute Gasteiger partial charge is 0.478 e. The SMILES string of the molecule is CCOC(=O)C(C)Oc1cc(Oc2cccc(C(F)(F)F)c2Cl)ccc1C=O. The number of aldehydes is 1. The summed E-state index contributed by atoms with van der Waals surface area (Å²) in [6.07, 6.45) is -5.14. The van der Waals surface area contributed by atoms with Crippen molar-refractivity contribution < 1.29 is 37.0 Å². The van der Waals surface area contributed by atoms with Gasteiger partial charge >= 0.3 is 12.1 Å². The van der Waals surface area contributed by atoms with Crippen LogP contribution in [0.25, 0.3) is 0 Å². The summed E-state index contributed by atoms with van der Waals surface area (Å²) < 4.78 is 54.6. The first-order valence-electron chi connectivity index (χ1n) is 8.13. The van der Waals surface area contributed by atoms with Crippen LogP contribution < -0.4 is 9.47 Å². The van der Waals surface area contributed by atoms with Crippen molar-refractivity contribution in [2.45, 2.75) is 26.1 Å². The third kappa shape index (κ3) is 5.16. The first-order chi connectivity index (χ1) is 13.2. The highest BCUT2D eigenvalue weighted by atomic mass is 35.5. The van der Waals surface area contributed by atoms with E-state index in [9.17, 15) is 22.8 Å². The van der Waals surface area contributed by atoms with Gasteiger partial charge in [0.15, 0.2) is 12.4 Å². The van der Waals surface area contributed by atoms with Gasteiger partial charge < -0.3 is 14.2 Å². The molecule has 0 aliphatic rings. The van der Waals surface area contributed by atoms with Crippen molar-refractivity contribution in [2.24, 2.45) is 0 Å². The summed E-state index contributed by atoms with van der Waals surface area (Å²) >= 11 is 5.81. The monoisotopic (exact) mass is 416 g/mol. The van der Waals surface area contributed by atoms with Gasteiger partial charge in [0.25, 0.3) is 0 Å². The number of ether oxygens (including phenoxy) is 3. The molecule has 2 aromatic carbocycles. The number of esters is 1. The van der Waals surface area contributed by atoms with Crippen molar-refractivity contribution >= 4 is 23.9 Å². The Hall–Kier alpha value is -2.74. The van der Waals surface area contributed by atoms with Crippen LogP contribution in [0.3, 0.4) is 0 Å². The van der Waals surface area contributed by atoms with Gasteiger partial charge in [0.05, 0.1) is 22.8 Å². The molecule has 2 aromatic rings. The zero-order valence-corrected chi connectivity index (χ0v) is 15.6. The van der Waals surface area contributed by atoms with Crippen LogP contribution in [0.15, 0.2) is 36.4 Å². The molecule has 0 amide bonds. The second kappa shape index (κ2) is 8.97. The predicted octanol–water partition coefficient (Wildman–Crippen LogP) is 5.29. The summed E-state index contributed by atoms with van der Waals surface area (Å²) in [5.74, 6) is -0.777. The van der Waals surface area contributed by atoms with E-state index in [1.165, 1.54) is 31.2 Å². The van der Waals surface area contributed by atoms with E-state index in [4.69, 9.17) is 25.8 Å². The molecular formula is C19H16ClF3O5. The van der Waals surface area contributed by atoms with Crippen LogP contribution in [0.5, 0.6) is 17.2 Å².